The van der Waals surface area contributed by atoms with E-state index in [1.165, 1.54) is 51.9 Å². The maximum absolute atomic E-state index is 2.83. The van der Waals surface area contributed by atoms with Crippen molar-refractivity contribution >= 4 is 0 Å². The highest BCUT2D eigenvalue weighted by Gasteiger charge is 2.46. The van der Waals surface area contributed by atoms with Crippen LogP contribution in [0.5, 0.6) is 0 Å². The number of piperazine rings is 1. The van der Waals surface area contributed by atoms with E-state index in [2.05, 4.69) is 51.3 Å². The molecule has 128 valence electrons. The summed E-state index contributed by atoms with van der Waals surface area (Å²) in [6.07, 6.45) is 6.00. The van der Waals surface area contributed by atoms with Crippen molar-refractivity contribution in [1.82, 2.24) is 9.80 Å². The van der Waals surface area contributed by atoms with Crippen LogP contribution in [0.15, 0.2) is 0 Å². The Kier molecular flexibility index (Phi) is 4.40. The molecular weight excluding hydrogens is 268 g/mol. The zero-order chi connectivity index (χ0) is 16.1. The Balaban J connectivity index is 1.50. The fourth-order valence-corrected chi connectivity index (χ4v) is 5.35. The molecule has 0 bridgehead atoms. The van der Waals surface area contributed by atoms with Crippen molar-refractivity contribution in [1.29, 1.82) is 0 Å². The molecule has 1 heterocycles. The van der Waals surface area contributed by atoms with Crippen molar-refractivity contribution in [3.8, 4) is 0 Å². The fourth-order valence-electron chi connectivity index (χ4n) is 5.35. The third kappa shape index (κ3) is 3.38. The summed E-state index contributed by atoms with van der Waals surface area (Å²) in [4.78, 5) is 5.49. The number of rotatable bonds is 1. The van der Waals surface area contributed by atoms with E-state index < -0.39 is 0 Å². The van der Waals surface area contributed by atoms with Gasteiger partial charge in [-0.05, 0) is 69.6 Å². The minimum Gasteiger partial charge on any atom is -0.298 e. The second-order valence-electron chi connectivity index (χ2n) is 10.4. The highest BCUT2D eigenvalue weighted by atomic mass is 15.3. The first kappa shape index (κ1) is 16.8. The maximum atomic E-state index is 2.83. The van der Waals surface area contributed by atoms with Crippen LogP contribution in [0.25, 0.3) is 0 Å². The molecule has 0 amide bonds. The average molecular weight is 307 g/mol. The molecule has 3 rings (SSSR count). The quantitative estimate of drug-likeness (QED) is 0.714. The molecule has 2 aliphatic carbocycles. The lowest BCUT2D eigenvalue weighted by molar-refractivity contribution is 0.0405. The van der Waals surface area contributed by atoms with Crippen LogP contribution >= 0.6 is 0 Å². The van der Waals surface area contributed by atoms with Gasteiger partial charge in [0, 0.05) is 37.8 Å². The van der Waals surface area contributed by atoms with Gasteiger partial charge in [-0.15, -0.1) is 0 Å². The minimum absolute atomic E-state index is 0.345. The lowest BCUT2D eigenvalue weighted by Crippen LogP contribution is -2.55. The zero-order valence-electron chi connectivity index (χ0n) is 15.9. The molecule has 0 spiro atoms. The van der Waals surface area contributed by atoms with Gasteiger partial charge in [0.1, 0.15) is 0 Å². The van der Waals surface area contributed by atoms with Gasteiger partial charge in [0.25, 0.3) is 0 Å². The molecule has 1 saturated heterocycles. The first-order valence-electron chi connectivity index (χ1n) is 9.63. The SMILES string of the molecule is CC(C)(C)C1CC2CC(N3CCN(C(C)(C)C)CC3)CC2C1. The molecule has 0 aromatic rings. The topological polar surface area (TPSA) is 6.48 Å². The molecule has 0 radical (unpaired) electrons. The average Bonchev–Trinajstić information content (AvgIpc) is 2.95. The van der Waals surface area contributed by atoms with Gasteiger partial charge in [-0.3, -0.25) is 9.80 Å². The van der Waals surface area contributed by atoms with Gasteiger partial charge in [-0.2, -0.15) is 0 Å². The molecule has 3 aliphatic rings. The molecule has 2 saturated carbocycles. The second-order valence-corrected chi connectivity index (χ2v) is 10.4. The Morgan fingerprint density at radius 3 is 1.59 bits per heavy atom. The molecule has 2 unspecified atom stereocenters. The summed E-state index contributed by atoms with van der Waals surface area (Å²) in [6.45, 7) is 19.5. The van der Waals surface area contributed by atoms with Crippen LogP contribution in [-0.4, -0.2) is 47.6 Å². The van der Waals surface area contributed by atoms with Crippen molar-refractivity contribution < 1.29 is 0 Å². The van der Waals surface area contributed by atoms with E-state index in [4.69, 9.17) is 0 Å². The van der Waals surface area contributed by atoms with Crippen LogP contribution in [0.4, 0.5) is 0 Å². The van der Waals surface area contributed by atoms with Crippen molar-refractivity contribution in [2.24, 2.45) is 23.2 Å². The molecule has 3 fully saturated rings. The predicted molar refractivity (Wildman–Crippen MR) is 95.1 cm³/mol. The van der Waals surface area contributed by atoms with Gasteiger partial charge < -0.3 is 0 Å². The van der Waals surface area contributed by atoms with Crippen LogP contribution in [0.3, 0.4) is 0 Å². The van der Waals surface area contributed by atoms with Crippen LogP contribution in [0, 0.1) is 23.2 Å². The van der Waals surface area contributed by atoms with Crippen LogP contribution < -0.4 is 0 Å². The summed E-state index contributed by atoms with van der Waals surface area (Å²) in [6, 6.07) is 0.901. The molecule has 0 aromatic carbocycles. The Hall–Kier alpha value is -0.0800. The van der Waals surface area contributed by atoms with E-state index in [9.17, 15) is 0 Å². The molecular formula is C20H38N2. The van der Waals surface area contributed by atoms with E-state index in [0.29, 0.717) is 11.0 Å². The molecule has 22 heavy (non-hydrogen) atoms. The van der Waals surface area contributed by atoms with Gasteiger partial charge in [-0.25, -0.2) is 0 Å². The summed E-state index contributed by atoms with van der Waals surface area (Å²) in [5.74, 6) is 3.05. The smallest absolute Gasteiger partial charge is 0.0126 e. The largest absolute Gasteiger partial charge is 0.298 e. The monoisotopic (exact) mass is 306 g/mol. The molecule has 2 nitrogen and oxygen atoms in total. The second kappa shape index (κ2) is 5.77. The third-order valence-electron chi connectivity index (χ3n) is 6.99. The van der Waals surface area contributed by atoms with E-state index in [1.807, 2.05) is 0 Å². The van der Waals surface area contributed by atoms with E-state index in [-0.39, 0.29) is 0 Å². The summed E-state index contributed by atoms with van der Waals surface area (Å²) < 4.78 is 0. The lowest BCUT2D eigenvalue weighted by atomic mass is 9.78. The first-order chi connectivity index (χ1) is 10.1. The van der Waals surface area contributed by atoms with Crippen molar-refractivity contribution in [2.45, 2.75) is 78.8 Å². The highest BCUT2D eigenvalue weighted by Crippen LogP contribution is 2.52. The number of nitrogens with zero attached hydrogens (tertiary/aromatic N) is 2. The molecule has 0 N–H and O–H groups in total. The lowest BCUT2D eigenvalue weighted by Gasteiger charge is -2.44. The number of hydrogen-bond acceptors (Lipinski definition) is 2. The Morgan fingerprint density at radius 2 is 1.18 bits per heavy atom. The third-order valence-corrected chi connectivity index (χ3v) is 6.99. The Bertz CT molecular complexity index is 367. The van der Waals surface area contributed by atoms with E-state index >= 15 is 0 Å². The first-order valence-corrected chi connectivity index (χ1v) is 9.63. The Morgan fingerprint density at radius 1 is 0.682 bits per heavy atom. The van der Waals surface area contributed by atoms with Gasteiger partial charge in [-0.1, -0.05) is 20.8 Å². The van der Waals surface area contributed by atoms with Crippen molar-refractivity contribution in [3.05, 3.63) is 0 Å². The molecule has 0 aromatic heterocycles. The standard InChI is InChI=1S/C20H38N2/c1-19(2,3)17-11-15-13-18(14-16(15)12-17)21-7-9-22(10-8-21)20(4,5)6/h15-18H,7-14H2,1-6H3. The van der Waals surface area contributed by atoms with Crippen LogP contribution in [-0.2, 0) is 0 Å². The molecule has 2 atom stereocenters. The molecule has 1 aliphatic heterocycles. The zero-order valence-corrected chi connectivity index (χ0v) is 15.9. The normalized spacial score (nSPS) is 38.5. The van der Waals surface area contributed by atoms with Crippen LogP contribution in [0.2, 0.25) is 0 Å². The van der Waals surface area contributed by atoms with Gasteiger partial charge in [0.2, 0.25) is 0 Å². The Labute approximate surface area is 138 Å². The maximum Gasteiger partial charge on any atom is 0.0126 e. The summed E-state index contributed by atoms with van der Waals surface area (Å²) in [5.41, 5.74) is 0.871. The van der Waals surface area contributed by atoms with Crippen molar-refractivity contribution in [2.75, 3.05) is 26.2 Å². The van der Waals surface area contributed by atoms with Gasteiger partial charge >= 0.3 is 0 Å². The summed E-state index contributed by atoms with van der Waals surface area (Å²) in [5, 5.41) is 0. The predicted octanol–water partition coefficient (Wildman–Crippen LogP) is 4.25. The molecule has 2 heteroatoms. The minimum atomic E-state index is 0.345. The van der Waals surface area contributed by atoms with Crippen molar-refractivity contribution in [3.63, 3.8) is 0 Å². The fraction of sp³-hybridized carbons (Fsp3) is 1.00. The summed E-state index contributed by atoms with van der Waals surface area (Å²) >= 11 is 0. The van der Waals surface area contributed by atoms with E-state index in [0.717, 1.165) is 23.8 Å². The summed E-state index contributed by atoms with van der Waals surface area (Å²) in [7, 11) is 0. The van der Waals surface area contributed by atoms with Gasteiger partial charge in [0.15, 0.2) is 0 Å². The highest BCUT2D eigenvalue weighted by molar-refractivity contribution is 4.98. The number of fused-ring (bicyclic) bond motifs is 1. The van der Waals surface area contributed by atoms with Gasteiger partial charge in [0.05, 0.1) is 0 Å². The number of hydrogen-bond donors (Lipinski definition) is 0. The van der Waals surface area contributed by atoms with Crippen LogP contribution in [0.1, 0.15) is 67.2 Å². The van der Waals surface area contributed by atoms with E-state index in [1.54, 1.807) is 0 Å².